The summed E-state index contributed by atoms with van der Waals surface area (Å²) >= 11 is 0. The molecule has 0 spiro atoms. The van der Waals surface area contributed by atoms with Gasteiger partial charge in [-0.3, -0.25) is 4.68 Å². The van der Waals surface area contributed by atoms with E-state index in [0.717, 1.165) is 39.3 Å². The average molecular weight is 251 g/mol. The number of rotatable bonds is 6. The Bertz CT molecular complexity index is 356. The van der Waals surface area contributed by atoms with Gasteiger partial charge in [0.1, 0.15) is 0 Å². The SMILES string of the molecule is CCNCC1(Cc2cnn(CC)c2)CCCOC1. The van der Waals surface area contributed by atoms with Crippen LogP contribution in [0.1, 0.15) is 32.3 Å². The topological polar surface area (TPSA) is 39.1 Å². The Morgan fingerprint density at radius 2 is 2.39 bits per heavy atom. The Morgan fingerprint density at radius 1 is 1.50 bits per heavy atom. The van der Waals surface area contributed by atoms with E-state index >= 15 is 0 Å². The van der Waals surface area contributed by atoms with Crippen molar-refractivity contribution in [1.29, 1.82) is 0 Å². The molecule has 1 atom stereocenters. The lowest BCUT2D eigenvalue weighted by Gasteiger charge is -2.37. The zero-order chi connectivity index (χ0) is 12.8. The second kappa shape index (κ2) is 6.34. The van der Waals surface area contributed by atoms with Gasteiger partial charge in [-0.05, 0) is 38.3 Å². The number of hydrogen-bond donors (Lipinski definition) is 1. The van der Waals surface area contributed by atoms with E-state index in [9.17, 15) is 0 Å². The Hall–Kier alpha value is -0.870. The van der Waals surface area contributed by atoms with Crippen molar-refractivity contribution >= 4 is 0 Å². The molecule has 1 aromatic heterocycles. The highest BCUT2D eigenvalue weighted by Crippen LogP contribution is 2.32. The van der Waals surface area contributed by atoms with Crippen molar-refractivity contribution in [2.75, 3.05) is 26.3 Å². The standard InChI is InChI=1S/C14H25N3O/c1-3-15-11-14(6-5-7-18-12-14)8-13-9-16-17(4-2)10-13/h9-10,15H,3-8,11-12H2,1-2H3. The highest BCUT2D eigenvalue weighted by molar-refractivity contribution is 5.08. The van der Waals surface area contributed by atoms with E-state index in [0.29, 0.717) is 0 Å². The van der Waals surface area contributed by atoms with Crippen LogP contribution in [0.25, 0.3) is 0 Å². The number of hydrogen-bond acceptors (Lipinski definition) is 3. The molecule has 0 amide bonds. The predicted molar refractivity (Wildman–Crippen MR) is 72.6 cm³/mol. The first-order chi connectivity index (χ1) is 8.78. The first-order valence-electron chi connectivity index (χ1n) is 7.08. The molecule has 1 N–H and O–H groups in total. The van der Waals surface area contributed by atoms with Gasteiger partial charge in [-0.1, -0.05) is 6.92 Å². The van der Waals surface area contributed by atoms with Crippen LogP contribution >= 0.6 is 0 Å². The van der Waals surface area contributed by atoms with Gasteiger partial charge >= 0.3 is 0 Å². The van der Waals surface area contributed by atoms with Crippen molar-refractivity contribution in [2.45, 2.75) is 39.7 Å². The van der Waals surface area contributed by atoms with Crippen molar-refractivity contribution in [3.8, 4) is 0 Å². The fourth-order valence-corrected chi connectivity index (χ4v) is 2.75. The van der Waals surface area contributed by atoms with Crippen LogP contribution in [0.5, 0.6) is 0 Å². The van der Waals surface area contributed by atoms with Crippen LogP contribution in [0.4, 0.5) is 0 Å². The van der Waals surface area contributed by atoms with E-state index in [4.69, 9.17) is 4.74 Å². The van der Waals surface area contributed by atoms with Gasteiger partial charge in [-0.25, -0.2) is 0 Å². The molecule has 1 saturated heterocycles. The lowest BCUT2D eigenvalue weighted by Crippen LogP contribution is -2.42. The zero-order valence-corrected chi connectivity index (χ0v) is 11.6. The van der Waals surface area contributed by atoms with Gasteiger partial charge in [0.2, 0.25) is 0 Å². The van der Waals surface area contributed by atoms with E-state index < -0.39 is 0 Å². The molecule has 1 fully saturated rings. The lowest BCUT2D eigenvalue weighted by molar-refractivity contribution is -0.00691. The number of aryl methyl sites for hydroxylation is 1. The Morgan fingerprint density at radius 3 is 3.00 bits per heavy atom. The fourth-order valence-electron chi connectivity index (χ4n) is 2.75. The molecule has 102 valence electrons. The highest BCUT2D eigenvalue weighted by atomic mass is 16.5. The molecule has 2 heterocycles. The molecule has 18 heavy (non-hydrogen) atoms. The summed E-state index contributed by atoms with van der Waals surface area (Å²) in [5.74, 6) is 0. The molecule has 2 rings (SSSR count). The molecular weight excluding hydrogens is 226 g/mol. The van der Waals surface area contributed by atoms with Crippen molar-refractivity contribution in [1.82, 2.24) is 15.1 Å². The number of aromatic nitrogens is 2. The first kappa shape index (κ1) is 13.6. The Kier molecular flexibility index (Phi) is 4.78. The maximum atomic E-state index is 5.72. The molecule has 0 radical (unpaired) electrons. The molecule has 0 aliphatic carbocycles. The summed E-state index contributed by atoms with van der Waals surface area (Å²) in [5.41, 5.74) is 1.59. The fraction of sp³-hybridized carbons (Fsp3) is 0.786. The summed E-state index contributed by atoms with van der Waals surface area (Å²) in [7, 11) is 0. The second-order valence-electron chi connectivity index (χ2n) is 5.32. The molecule has 1 aliphatic heterocycles. The second-order valence-corrected chi connectivity index (χ2v) is 5.32. The Labute approximate surface area is 110 Å². The van der Waals surface area contributed by atoms with E-state index in [1.807, 2.05) is 10.9 Å². The number of nitrogens with zero attached hydrogens (tertiary/aromatic N) is 2. The van der Waals surface area contributed by atoms with Crippen molar-refractivity contribution in [3.63, 3.8) is 0 Å². The van der Waals surface area contributed by atoms with Gasteiger partial charge in [-0.15, -0.1) is 0 Å². The molecule has 1 unspecified atom stereocenters. The summed E-state index contributed by atoms with van der Waals surface area (Å²) in [6.45, 7) is 9.08. The highest BCUT2D eigenvalue weighted by Gasteiger charge is 2.33. The summed E-state index contributed by atoms with van der Waals surface area (Å²) in [6.07, 6.45) is 7.67. The zero-order valence-electron chi connectivity index (χ0n) is 11.6. The van der Waals surface area contributed by atoms with Gasteiger partial charge in [0.25, 0.3) is 0 Å². The van der Waals surface area contributed by atoms with Crippen LogP contribution in [-0.2, 0) is 17.7 Å². The summed E-state index contributed by atoms with van der Waals surface area (Å²) in [6, 6.07) is 0. The van der Waals surface area contributed by atoms with Crippen LogP contribution < -0.4 is 5.32 Å². The maximum Gasteiger partial charge on any atom is 0.0537 e. The third-order valence-corrected chi connectivity index (χ3v) is 3.74. The van der Waals surface area contributed by atoms with Gasteiger partial charge < -0.3 is 10.1 Å². The third kappa shape index (κ3) is 3.33. The van der Waals surface area contributed by atoms with Crippen molar-refractivity contribution in [3.05, 3.63) is 18.0 Å². The van der Waals surface area contributed by atoms with E-state index in [2.05, 4.69) is 30.5 Å². The maximum absolute atomic E-state index is 5.72. The van der Waals surface area contributed by atoms with E-state index in [1.165, 1.54) is 18.4 Å². The molecule has 4 heteroatoms. The minimum atomic E-state index is 0.260. The predicted octanol–water partition coefficient (Wildman–Crippen LogP) is 1.85. The first-order valence-corrected chi connectivity index (χ1v) is 7.08. The average Bonchev–Trinajstić information content (AvgIpc) is 2.85. The van der Waals surface area contributed by atoms with Crippen molar-refractivity contribution < 1.29 is 4.74 Å². The molecule has 0 saturated carbocycles. The van der Waals surface area contributed by atoms with Crippen LogP contribution in [0.15, 0.2) is 12.4 Å². The minimum Gasteiger partial charge on any atom is -0.381 e. The van der Waals surface area contributed by atoms with Gasteiger partial charge in [0, 0.05) is 31.3 Å². The largest absolute Gasteiger partial charge is 0.381 e. The molecule has 1 aromatic rings. The molecule has 0 aromatic carbocycles. The summed E-state index contributed by atoms with van der Waals surface area (Å²) in [4.78, 5) is 0. The smallest absolute Gasteiger partial charge is 0.0537 e. The van der Waals surface area contributed by atoms with Gasteiger partial charge in [0.15, 0.2) is 0 Å². The third-order valence-electron chi connectivity index (χ3n) is 3.74. The summed E-state index contributed by atoms with van der Waals surface area (Å²) < 4.78 is 7.72. The molecular formula is C14H25N3O. The van der Waals surface area contributed by atoms with Crippen LogP contribution in [0.2, 0.25) is 0 Å². The molecule has 4 nitrogen and oxygen atoms in total. The molecule has 1 aliphatic rings. The normalized spacial score (nSPS) is 24.3. The quantitative estimate of drug-likeness (QED) is 0.838. The minimum absolute atomic E-state index is 0.260. The van der Waals surface area contributed by atoms with Crippen LogP contribution in [0.3, 0.4) is 0 Å². The van der Waals surface area contributed by atoms with E-state index in [1.54, 1.807) is 0 Å². The van der Waals surface area contributed by atoms with Crippen LogP contribution in [-0.4, -0.2) is 36.1 Å². The van der Waals surface area contributed by atoms with Crippen molar-refractivity contribution in [2.24, 2.45) is 5.41 Å². The number of nitrogens with one attached hydrogen (secondary N) is 1. The Balaban J connectivity index is 2.03. The number of ether oxygens (including phenoxy) is 1. The van der Waals surface area contributed by atoms with Gasteiger partial charge in [0.05, 0.1) is 12.8 Å². The van der Waals surface area contributed by atoms with E-state index in [-0.39, 0.29) is 5.41 Å². The molecule has 0 bridgehead atoms. The lowest BCUT2D eigenvalue weighted by atomic mass is 9.77. The van der Waals surface area contributed by atoms with Crippen LogP contribution in [0, 0.1) is 5.41 Å². The monoisotopic (exact) mass is 251 g/mol. The van der Waals surface area contributed by atoms with Gasteiger partial charge in [-0.2, -0.15) is 5.10 Å². The summed E-state index contributed by atoms with van der Waals surface area (Å²) in [5, 5.41) is 7.86.